The van der Waals surface area contributed by atoms with Crippen LogP contribution in [0.5, 0.6) is 0 Å². The molecule has 18 heavy (non-hydrogen) atoms. The van der Waals surface area contributed by atoms with E-state index in [4.69, 9.17) is 0 Å². The summed E-state index contributed by atoms with van der Waals surface area (Å²) in [5.41, 5.74) is 0. The zero-order valence-corrected chi connectivity index (χ0v) is 13.0. The van der Waals surface area contributed by atoms with Gasteiger partial charge in [0.05, 0.1) is 3.79 Å². The van der Waals surface area contributed by atoms with Crippen molar-refractivity contribution in [3.05, 3.63) is 32.9 Å². The monoisotopic (exact) mass is 328 g/mol. The Morgan fingerprint density at radius 1 is 1.50 bits per heavy atom. The van der Waals surface area contributed by atoms with E-state index >= 15 is 0 Å². The number of rotatable bonds is 6. The maximum atomic E-state index is 4.30. The lowest BCUT2D eigenvalue weighted by molar-refractivity contribution is 0.513. The molecule has 2 rings (SSSR count). The lowest BCUT2D eigenvalue weighted by Crippen LogP contribution is -2.24. The van der Waals surface area contributed by atoms with Crippen molar-refractivity contribution in [3.63, 3.8) is 0 Å². The van der Waals surface area contributed by atoms with Crippen LogP contribution >= 0.6 is 27.3 Å². The van der Waals surface area contributed by atoms with Crippen LogP contribution < -0.4 is 5.32 Å². The van der Waals surface area contributed by atoms with E-state index in [0.29, 0.717) is 6.04 Å². The van der Waals surface area contributed by atoms with Crippen molar-refractivity contribution in [2.75, 3.05) is 6.54 Å². The maximum absolute atomic E-state index is 4.30. The average Bonchev–Trinajstić information content (AvgIpc) is 2.94. The zero-order chi connectivity index (χ0) is 13.0. The zero-order valence-electron chi connectivity index (χ0n) is 10.6. The quantitative estimate of drug-likeness (QED) is 0.886. The standard InChI is InChI=1S/C12H17BrN4S/c1-3-6-14-9(10-4-5-11(13)18-10)7-12-15-8-16-17(12)2/h4-5,8-9,14H,3,6-7H2,1-2H3. The van der Waals surface area contributed by atoms with Crippen molar-refractivity contribution in [2.24, 2.45) is 7.05 Å². The van der Waals surface area contributed by atoms with E-state index in [9.17, 15) is 0 Å². The number of aromatic nitrogens is 3. The summed E-state index contributed by atoms with van der Waals surface area (Å²) in [6.45, 7) is 3.19. The molecule has 0 saturated carbocycles. The van der Waals surface area contributed by atoms with E-state index in [1.807, 2.05) is 11.7 Å². The van der Waals surface area contributed by atoms with Crippen molar-refractivity contribution in [3.8, 4) is 0 Å². The Balaban J connectivity index is 2.12. The van der Waals surface area contributed by atoms with E-state index in [2.05, 4.69) is 50.4 Å². The molecule has 0 aromatic carbocycles. The van der Waals surface area contributed by atoms with E-state index < -0.39 is 0 Å². The average molecular weight is 329 g/mol. The molecule has 0 spiro atoms. The van der Waals surface area contributed by atoms with Crippen LogP contribution in [0.25, 0.3) is 0 Å². The Morgan fingerprint density at radius 3 is 2.89 bits per heavy atom. The summed E-state index contributed by atoms with van der Waals surface area (Å²) in [5, 5.41) is 7.69. The van der Waals surface area contributed by atoms with Crippen molar-refractivity contribution in [1.82, 2.24) is 20.1 Å². The number of hydrogen-bond donors (Lipinski definition) is 1. The Labute approximate surface area is 120 Å². The molecule has 0 fully saturated rings. The Bertz CT molecular complexity index is 494. The van der Waals surface area contributed by atoms with Crippen molar-refractivity contribution >= 4 is 27.3 Å². The molecule has 4 nitrogen and oxygen atoms in total. The van der Waals surface area contributed by atoms with Crippen LogP contribution in [-0.4, -0.2) is 21.3 Å². The van der Waals surface area contributed by atoms with Gasteiger partial charge in [-0.3, -0.25) is 4.68 Å². The van der Waals surface area contributed by atoms with E-state index in [0.717, 1.165) is 25.2 Å². The molecule has 1 atom stereocenters. The van der Waals surface area contributed by atoms with Gasteiger partial charge in [0.15, 0.2) is 0 Å². The molecule has 98 valence electrons. The maximum Gasteiger partial charge on any atom is 0.138 e. The van der Waals surface area contributed by atoms with E-state index in [-0.39, 0.29) is 0 Å². The Hall–Kier alpha value is -0.720. The van der Waals surface area contributed by atoms with Crippen molar-refractivity contribution in [2.45, 2.75) is 25.8 Å². The van der Waals surface area contributed by atoms with E-state index in [1.54, 1.807) is 17.7 Å². The molecule has 2 aromatic heterocycles. The normalized spacial score (nSPS) is 12.8. The first-order valence-corrected chi connectivity index (χ1v) is 7.63. The molecule has 2 aromatic rings. The predicted octanol–water partition coefficient (Wildman–Crippen LogP) is 2.92. The number of nitrogens with one attached hydrogen (secondary N) is 1. The van der Waals surface area contributed by atoms with Gasteiger partial charge in [-0.05, 0) is 41.0 Å². The molecule has 0 amide bonds. The number of nitrogens with zero attached hydrogens (tertiary/aromatic N) is 3. The van der Waals surface area contributed by atoms with Gasteiger partial charge in [0, 0.05) is 24.4 Å². The summed E-state index contributed by atoms with van der Waals surface area (Å²) in [5.74, 6) is 1.01. The number of aryl methyl sites for hydroxylation is 1. The number of thiophene rings is 1. The summed E-state index contributed by atoms with van der Waals surface area (Å²) in [4.78, 5) is 5.63. The van der Waals surface area contributed by atoms with Gasteiger partial charge in [-0.15, -0.1) is 11.3 Å². The first kappa shape index (κ1) is 13.7. The van der Waals surface area contributed by atoms with Crippen molar-refractivity contribution < 1.29 is 0 Å². The minimum atomic E-state index is 0.309. The summed E-state index contributed by atoms with van der Waals surface area (Å²) < 4.78 is 3.00. The summed E-state index contributed by atoms with van der Waals surface area (Å²) in [6.07, 6.45) is 3.60. The molecule has 0 saturated heterocycles. The van der Waals surface area contributed by atoms with Crippen molar-refractivity contribution in [1.29, 1.82) is 0 Å². The summed E-state index contributed by atoms with van der Waals surface area (Å²) in [6, 6.07) is 4.57. The molecule has 0 aliphatic carbocycles. The van der Waals surface area contributed by atoms with Crippen LogP contribution in [0.15, 0.2) is 22.2 Å². The highest BCUT2D eigenvalue weighted by Crippen LogP contribution is 2.28. The molecule has 6 heteroatoms. The smallest absolute Gasteiger partial charge is 0.138 e. The van der Waals surface area contributed by atoms with Gasteiger partial charge in [0.2, 0.25) is 0 Å². The molecule has 1 N–H and O–H groups in total. The fourth-order valence-corrected chi connectivity index (χ4v) is 3.29. The second kappa shape index (κ2) is 6.45. The molecule has 1 unspecified atom stereocenters. The first-order chi connectivity index (χ1) is 8.70. The SMILES string of the molecule is CCCNC(Cc1ncnn1C)c1ccc(Br)s1. The van der Waals surface area contributed by atoms with Gasteiger partial charge in [-0.1, -0.05) is 6.92 Å². The molecule has 0 aliphatic rings. The van der Waals surface area contributed by atoms with E-state index in [1.165, 1.54) is 8.66 Å². The lowest BCUT2D eigenvalue weighted by Gasteiger charge is -2.16. The van der Waals surface area contributed by atoms with Gasteiger partial charge in [-0.25, -0.2) is 4.98 Å². The Morgan fingerprint density at radius 2 is 2.33 bits per heavy atom. The summed E-state index contributed by atoms with van der Waals surface area (Å²) >= 11 is 5.29. The third-order valence-electron chi connectivity index (χ3n) is 2.77. The molecule has 0 bridgehead atoms. The van der Waals surface area contributed by atoms with Gasteiger partial charge in [-0.2, -0.15) is 5.10 Å². The number of hydrogen-bond acceptors (Lipinski definition) is 4. The predicted molar refractivity (Wildman–Crippen MR) is 77.8 cm³/mol. The third kappa shape index (κ3) is 3.40. The van der Waals surface area contributed by atoms with Crippen LogP contribution in [0.1, 0.15) is 30.1 Å². The lowest BCUT2D eigenvalue weighted by atomic mass is 10.1. The minimum absolute atomic E-state index is 0.309. The fourth-order valence-electron chi connectivity index (χ4n) is 1.79. The highest BCUT2D eigenvalue weighted by Gasteiger charge is 2.16. The molecule has 0 aliphatic heterocycles. The van der Waals surface area contributed by atoms with Crippen LogP contribution in [-0.2, 0) is 13.5 Å². The second-order valence-electron chi connectivity index (χ2n) is 4.15. The third-order valence-corrected chi connectivity index (χ3v) is 4.51. The highest BCUT2D eigenvalue weighted by molar-refractivity contribution is 9.11. The molecular weight excluding hydrogens is 312 g/mol. The topological polar surface area (TPSA) is 42.7 Å². The second-order valence-corrected chi connectivity index (χ2v) is 6.65. The fraction of sp³-hybridized carbons (Fsp3) is 0.500. The first-order valence-electron chi connectivity index (χ1n) is 6.02. The van der Waals surface area contributed by atoms with Gasteiger partial charge < -0.3 is 5.32 Å². The molecule has 0 radical (unpaired) electrons. The van der Waals surface area contributed by atoms with Crippen LogP contribution in [0.4, 0.5) is 0 Å². The molecular formula is C12H17BrN4S. The minimum Gasteiger partial charge on any atom is -0.309 e. The number of halogens is 1. The van der Waals surface area contributed by atoms with Crippen LogP contribution in [0.2, 0.25) is 0 Å². The highest BCUT2D eigenvalue weighted by atomic mass is 79.9. The van der Waals surface area contributed by atoms with Gasteiger partial charge >= 0.3 is 0 Å². The van der Waals surface area contributed by atoms with Crippen LogP contribution in [0, 0.1) is 0 Å². The molecule has 2 heterocycles. The van der Waals surface area contributed by atoms with Gasteiger partial charge in [0.25, 0.3) is 0 Å². The Kier molecular flexibility index (Phi) is 4.91. The van der Waals surface area contributed by atoms with Crippen LogP contribution in [0.3, 0.4) is 0 Å². The summed E-state index contributed by atoms with van der Waals surface area (Å²) in [7, 11) is 1.93. The van der Waals surface area contributed by atoms with Gasteiger partial charge in [0.1, 0.15) is 12.2 Å². The largest absolute Gasteiger partial charge is 0.309 e.